The zero-order valence-corrected chi connectivity index (χ0v) is 13.6. The standard InChI is InChI=1S/C20H19N3/c1-14-4-5-17(12-15(14)2)7-6-16-8-10-18(11-9-16)19-13-20(21)23(3)22-19/h4-5,8-13H,21H2,1-3H3. The molecule has 23 heavy (non-hydrogen) atoms. The van der Waals surface area contributed by atoms with Gasteiger partial charge in [0.25, 0.3) is 0 Å². The normalized spacial score (nSPS) is 10.2. The van der Waals surface area contributed by atoms with E-state index in [4.69, 9.17) is 5.73 Å². The van der Waals surface area contributed by atoms with Crippen molar-refractivity contribution < 1.29 is 0 Å². The molecule has 0 aliphatic carbocycles. The number of hydrogen-bond acceptors (Lipinski definition) is 2. The number of anilines is 1. The van der Waals surface area contributed by atoms with E-state index in [1.54, 1.807) is 4.68 Å². The van der Waals surface area contributed by atoms with Gasteiger partial charge in [0.1, 0.15) is 5.82 Å². The van der Waals surface area contributed by atoms with Crippen LogP contribution in [0.2, 0.25) is 0 Å². The maximum absolute atomic E-state index is 5.82. The molecule has 0 saturated heterocycles. The molecule has 3 aromatic rings. The maximum Gasteiger partial charge on any atom is 0.121 e. The van der Waals surface area contributed by atoms with E-state index in [2.05, 4.69) is 49.0 Å². The third-order valence-electron chi connectivity index (χ3n) is 3.95. The van der Waals surface area contributed by atoms with Gasteiger partial charge < -0.3 is 5.73 Å². The van der Waals surface area contributed by atoms with Crippen molar-refractivity contribution in [1.82, 2.24) is 9.78 Å². The first kappa shape index (κ1) is 14.9. The van der Waals surface area contributed by atoms with Gasteiger partial charge in [-0.2, -0.15) is 5.10 Å². The van der Waals surface area contributed by atoms with Gasteiger partial charge in [0.05, 0.1) is 5.69 Å². The van der Waals surface area contributed by atoms with Crippen molar-refractivity contribution >= 4 is 5.82 Å². The summed E-state index contributed by atoms with van der Waals surface area (Å²) >= 11 is 0. The van der Waals surface area contributed by atoms with Crippen LogP contribution in [0.4, 0.5) is 5.82 Å². The number of benzene rings is 2. The van der Waals surface area contributed by atoms with Crippen molar-refractivity contribution in [3.05, 3.63) is 70.8 Å². The van der Waals surface area contributed by atoms with Crippen LogP contribution in [0, 0.1) is 25.7 Å². The fourth-order valence-corrected chi connectivity index (χ4v) is 2.31. The van der Waals surface area contributed by atoms with Crippen molar-refractivity contribution in [2.75, 3.05) is 5.73 Å². The lowest BCUT2D eigenvalue weighted by atomic mass is 10.1. The molecule has 2 N–H and O–H groups in total. The molecule has 0 aliphatic rings. The predicted octanol–water partition coefficient (Wildman–Crippen LogP) is 3.69. The minimum absolute atomic E-state index is 0.651. The van der Waals surface area contributed by atoms with Crippen LogP contribution in [0.1, 0.15) is 22.3 Å². The number of nitrogens with zero attached hydrogens (tertiary/aromatic N) is 2. The highest BCUT2D eigenvalue weighted by atomic mass is 15.3. The highest BCUT2D eigenvalue weighted by Crippen LogP contribution is 2.20. The van der Waals surface area contributed by atoms with E-state index in [9.17, 15) is 0 Å². The zero-order valence-electron chi connectivity index (χ0n) is 13.6. The monoisotopic (exact) mass is 301 g/mol. The smallest absolute Gasteiger partial charge is 0.121 e. The highest BCUT2D eigenvalue weighted by molar-refractivity contribution is 5.63. The van der Waals surface area contributed by atoms with E-state index < -0.39 is 0 Å². The maximum atomic E-state index is 5.82. The molecule has 0 radical (unpaired) electrons. The molecule has 1 aromatic heterocycles. The minimum atomic E-state index is 0.651. The molecule has 3 heteroatoms. The van der Waals surface area contributed by atoms with Crippen molar-refractivity contribution in [3.63, 3.8) is 0 Å². The van der Waals surface area contributed by atoms with E-state index in [1.165, 1.54) is 11.1 Å². The Kier molecular flexibility index (Phi) is 3.91. The van der Waals surface area contributed by atoms with E-state index in [-0.39, 0.29) is 0 Å². The van der Waals surface area contributed by atoms with Gasteiger partial charge in [-0.25, -0.2) is 0 Å². The number of hydrogen-bond donors (Lipinski definition) is 1. The molecule has 0 amide bonds. The predicted molar refractivity (Wildman–Crippen MR) is 95.0 cm³/mol. The number of nitrogen functional groups attached to an aromatic ring is 1. The summed E-state index contributed by atoms with van der Waals surface area (Å²) in [6, 6.07) is 16.2. The van der Waals surface area contributed by atoms with Crippen LogP contribution in [-0.2, 0) is 7.05 Å². The number of aromatic nitrogens is 2. The number of rotatable bonds is 1. The van der Waals surface area contributed by atoms with E-state index >= 15 is 0 Å². The Morgan fingerprint density at radius 3 is 2.13 bits per heavy atom. The summed E-state index contributed by atoms with van der Waals surface area (Å²) in [6.07, 6.45) is 0. The van der Waals surface area contributed by atoms with Gasteiger partial charge in [0, 0.05) is 29.8 Å². The summed E-state index contributed by atoms with van der Waals surface area (Å²) in [6.45, 7) is 4.21. The Morgan fingerprint density at radius 2 is 1.52 bits per heavy atom. The van der Waals surface area contributed by atoms with Crippen LogP contribution in [0.25, 0.3) is 11.3 Å². The van der Waals surface area contributed by atoms with Crippen LogP contribution in [0.3, 0.4) is 0 Å². The fraction of sp³-hybridized carbons (Fsp3) is 0.150. The molecule has 3 rings (SSSR count). The Bertz CT molecular complexity index is 887. The fourth-order valence-electron chi connectivity index (χ4n) is 2.31. The van der Waals surface area contributed by atoms with Crippen molar-refractivity contribution in [2.24, 2.45) is 7.05 Å². The molecule has 0 fully saturated rings. The summed E-state index contributed by atoms with van der Waals surface area (Å²) < 4.78 is 1.67. The van der Waals surface area contributed by atoms with Gasteiger partial charge in [-0.05, 0) is 49.2 Å². The lowest BCUT2D eigenvalue weighted by Crippen LogP contribution is -1.96. The Labute approximate surface area is 136 Å². The Balaban J connectivity index is 1.83. The van der Waals surface area contributed by atoms with Gasteiger partial charge >= 0.3 is 0 Å². The molecule has 0 bridgehead atoms. The molecular weight excluding hydrogens is 282 g/mol. The molecule has 114 valence electrons. The summed E-state index contributed by atoms with van der Waals surface area (Å²) in [5.41, 5.74) is 12.3. The molecular formula is C20H19N3. The van der Waals surface area contributed by atoms with Gasteiger partial charge in [-0.3, -0.25) is 4.68 Å². The van der Waals surface area contributed by atoms with Crippen LogP contribution < -0.4 is 5.73 Å². The van der Waals surface area contributed by atoms with Gasteiger partial charge in [0.15, 0.2) is 0 Å². The van der Waals surface area contributed by atoms with Gasteiger partial charge in [-0.15, -0.1) is 0 Å². The first-order valence-corrected chi connectivity index (χ1v) is 7.52. The second-order valence-electron chi connectivity index (χ2n) is 5.70. The molecule has 2 aromatic carbocycles. The summed E-state index contributed by atoms with van der Waals surface area (Å²) in [5.74, 6) is 7.07. The Morgan fingerprint density at radius 1 is 0.870 bits per heavy atom. The lowest BCUT2D eigenvalue weighted by molar-refractivity contribution is 0.782. The molecule has 1 heterocycles. The Hall–Kier alpha value is -2.99. The van der Waals surface area contributed by atoms with Crippen molar-refractivity contribution in [1.29, 1.82) is 0 Å². The molecule has 0 spiro atoms. The van der Waals surface area contributed by atoms with E-state index in [0.717, 1.165) is 22.4 Å². The van der Waals surface area contributed by atoms with Crippen LogP contribution >= 0.6 is 0 Å². The second kappa shape index (κ2) is 6.02. The van der Waals surface area contributed by atoms with Gasteiger partial charge in [0.2, 0.25) is 0 Å². The second-order valence-corrected chi connectivity index (χ2v) is 5.70. The molecule has 3 nitrogen and oxygen atoms in total. The zero-order chi connectivity index (χ0) is 16.4. The summed E-state index contributed by atoms with van der Waals surface area (Å²) in [7, 11) is 1.84. The minimum Gasteiger partial charge on any atom is -0.384 e. The van der Waals surface area contributed by atoms with E-state index in [1.807, 2.05) is 37.4 Å². The first-order valence-electron chi connectivity index (χ1n) is 7.52. The van der Waals surface area contributed by atoms with Gasteiger partial charge in [-0.1, -0.05) is 30.0 Å². The topological polar surface area (TPSA) is 43.8 Å². The summed E-state index contributed by atoms with van der Waals surface area (Å²) in [5, 5.41) is 4.38. The van der Waals surface area contributed by atoms with Crippen LogP contribution in [-0.4, -0.2) is 9.78 Å². The summed E-state index contributed by atoms with van der Waals surface area (Å²) in [4.78, 5) is 0. The van der Waals surface area contributed by atoms with E-state index in [0.29, 0.717) is 5.82 Å². The largest absolute Gasteiger partial charge is 0.384 e. The lowest BCUT2D eigenvalue weighted by Gasteiger charge is -1.99. The average molecular weight is 301 g/mol. The molecule has 0 atom stereocenters. The van der Waals surface area contributed by atoms with Crippen LogP contribution in [0.15, 0.2) is 48.5 Å². The SMILES string of the molecule is Cc1ccc(C#Cc2ccc(-c3cc(N)n(C)n3)cc2)cc1C. The van der Waals surface area contributed by atoms with Crippen molar-refractivity contribution in [2.45, 2.75) is 13.8 Å². The first-order chi connectivity index (χ1) is 11.0. The molecule has 0 saturated carbocycles. The average Bonchev–Trinajstić information content (AvgIpc) is 2.88. The number of nitrogens with two attached hydrogens (primary N) is 1. The highest BCUT2D eigenvalue weighted by Gasteiger charge is 2.04. The van der Waals surface area contributed by atoms with Crippen molar-refractivity contribution in [3.8, 4) is 23.1 Å². The van der Waals surface area contributed by atoms with Crippen LogP contribution in [0.5, 0.6) is 0 Å². The molecule has 0 aliphatic heterocycles. The molecule has 0 unspecified atom stereocenters. The third-order valence-corrected chi connectivity index (χ3v) is 3.95. The third kappa shape index (κ3) is 3.27. The quantitative estimate of drug-likeness (QED) is 0.697. The number of aryl methyl sites for hydroxylation is 3.